The van der Waals surface area contributed by atoms with Gasteiger partial charge in [-0.3, -0.25) is 28.3 Å². The number of fused-ring (bicyclic) bond motifs is 4. The van der Waals surface area contributed by atoms with Gasteiger partial charge < -0.3 is 30.2 Å². The van der Waals surface area contributed by atoms with E-state index in [2.05, 4.69) is 9.97 Å². The number of aryl methyl sites for hydroxylation is 1. The number of aromatic amines is 1. The van der Waals surface area contributed by atoms with Crippen molar-refractivity contribution in [1.82, 2.24) is 28.9 Å². The minimum Gasteiger partial charge on any atom is -0.483 e. The van der Waals surface area contributed by atoms with Gasteiger partial charge in [0.1, 0.15) is 30.2 Å². The predicted molar refractivity (Wildman–Crippen MR) is 206 cm³/mol. The number of aliphatic carboxylic acids is 1. The molecule has 292 valence electrons. The number of benzene rings is 3. The van der Waals surface area contributed by atoms with Gasteiger partial charge in [-0.05, 0) is 47.2 Å². The third-order valence-electron chi connectivity index (χ3n) is 9.55. The van der Waals surface area contributed by atoms with Crippen LogP contribution in [-0.4, -0.2) is 97.3 Å². The molecule has 0 saturated carbocycles. The van der Waals surface area contributed by atoms with Gasteiger partial charge in [0, 0.05) is 32.1 Å². The number of nitrogens with one attached hydrogen (secondary N) is 1. The Bertz CT molecular complexity index is 2350. The summed E-state index contributed by atoms with van der Waals surface area (Å²) < 4.78 is 14.4. The first-order valence-corrected chi connectivity index (χ1v) is 18.4. The first-order valence-electron chi connectivity index (χ1n) is 18.4. The van der Waals surface area contributed by atoms with E-state index in [1.165, 1.54) is 9.13 Å². The Morgan fingerprint density at radius 1 is 0.839 bits per heavy atom. The number of carboxylic acid groups (broad SMARTS) is 1. The fraction of sp³-hybridized carbons (Fsp3) is 0.325. The second kappa shape index (κ2) is 17.3. The number of nitrogens with zero attached hydrogens (tertiary/aromatic N) is 5. The van der Waals surface area contributed by atoms with Crippen LogP contribution < -0.4 is 21.7 Å². The Balaban J connectivity index is 1.26. The van der Waals surface area contributed by atoms with Crippen LogP contribution in [0.1, 0.15) is 43.7 Å². The zero-order valence-electron chi connectivity index (χ0n) is 31.1. The van der Waals surface area contributed by atoms with Gasteiger partial charge in [-0.2, -0.15) is 0 Å². The molecule has 0 spiro atoms. The fourth-order valence-electron chi connectivity index (χ4n) is 6.94. The summed E-state index contributed by atoms with van der Waals surface area (Å²) in [5, 5.41) is 9.39. The predicted octanol–water partition coefficient (Wildman–Crippen LogP) is 3.40. The van der Waals surface area contributed by atoms with E-state index >= 15 is 0 Å². The Morgan fingerprint density at radius 3 is 2.07 bits per heavy atom. The highest BCUT2D eigenvalue weighted by atomic mass is 16.6. The highest BCUT2D eigenvalue weighted by Gasteiger charge is 2.32. The van der Waals surface area contributed by atoms with E-state index in [9.17, 15) is 33.9 Å². The molecule has 1 aliphatic rings. The van der Waals surface area contributed by atoms with Crippen molar-refractivity contribution in [2.45, 2.75) is 45.7 Å². The number of carboxylic acids is 1. The summed E-state index contributed by atoms with van der Waals surface area (Å²) in [6.45, 7) is 1.66. The lowest BCUT2D eigenvalue weighted by atomic mass is 9.98. The Kier molecular flexibility index (Phi) is 12.1. The molecule has 0 atom stereocenters. The van der Waals surface area contributed by atoms with E-state index in [-0.39, 0.29) is 48.4 Å². The maximum atomic E-state index is 13.9. The number of hydrogen-bond acceptors (Lipinski definition) is 10. The molecule has 0 radical (unpaired) electrons. The molecule has 3 amide bonds. The molecule has 2 aromatic heterocycles. The van der Waals surface area contributed by atoms with E-state index in [1.807, 2.05) is 62.4 Å². The number of nitrogens with two attached hydrogens (primary N) is 1. The van der Waals surface area contributed by atoms with Crippen LogP contribution in [0.25, 0.3) is 33.7 Å². The van der Waals surface area contributed by atoms with E-state index < -0.39 is 61.4 Å². The molecule has 4 N–H and O–H groups in total. The number of ether oxygens (including phenoxy) is 2. The monoisotopic (exact) mass is 765 g/mol. The molecule has 3 aromatic carbocycles. The van der Waals surface area contributed by atoms with Gasteiger partial charge in [0.25, 0.3) is 11.5 Å². The van der Waals surface area contributed by atoms with E-state index in [1.54, 1.807) is 24.3 Å². The summed E-state index contributed by atoms with van der Waals surface area (Å²) in [4.78, 5) is 87.6. The minimum atomic E-state index is -1.30. The molecule has 0 aliphatic heterocycles. The van der Waals surface area contributed by atoms with Gasteiger partial charge in [-0.25, -0.2) is 19.5 Å². The number of imide groups is 1. The summed E-state index contributed by atoms with van der Waals surface area (Å²) >= 11 is 0. The lowest BCUT2D eigenvalue weighted by molar-refractivity contribution is -0.144. The lowest BCUT2D eigenvalue weighted by Gasteiger charge is -2.26. The zero-order chi connectivity index (χ0) is 39.9. The first kappa shape index (κ1) is 39.2. The van der Waals surface area contributed by atoms with Crippen LogP contribution in [-0.2, 0) is 32.2 Å². The molecule has 2 heterocycles. The number of carbonyl (C=O) groups is 4. The summed E-state index contributed by atoms with van der Waals surface area (Å²) in [5.74, 6) is -2.73. The largest absolute Gasteiger partial charge is 0.483 e. The lowest BCUT2D eigenvalue weighted by Crippen LogP contribution is -2.48. The summed E-state index contributed by atoms with van der Waals surface area (Å²) in [6.07, 6.45) is 0.184. The van der Waals surface area contributed by atoms with Crippen LogP contribution in [0.2, 0.25) is 0 Å². The number of hydrogen-bond donors (Lipinski definition) is 3. The maximum absolute atomic E-state index is 13.9. The number of aromatic nitrogens is 4. The number of amides is 3. The van der Waals surface area contributed by atoms with Gasteiger partial charge in [0.2, 0.25) is 5.91 Å². The van der Waals surface area contributed by atoms with Crippen molar-refractivity contribution in [2.75, 3.05) is 39.4 Å². The molecule has 0 fully saturated rings. The quantitative estimate of drug-likeness (QED) is 0.132. The van der Waals surface area contributed by atoms with Crippen molar-refractivity contribution >= 4 is 35.0 Å². The fourth-order valence-corrected chi connectivity index (χ4v) is 6.94. The molecular weight excluding hydrogens is 722 g/mol. The Labute approximate surface area is 321 Å². The third-order valence-corrected chi connectivity index (χ3v) is 9.55. The van der Waals surface area contributed by atoms with Crippen LogP contribution in [0.15, 0.2) is 82.4 Å². The third kappa shape index (κ3) is 7.95. The number of rotatable bonds is 16. The molecule has 16 heteroatoms. The summed E-state index contributed by atoms with van der Waals surface area (Å²) in [6, 6.07) is 22.2. The van der Waals surface area contributed by atoms with Crippen molar-refractivity contribution in [3.8, 4) is 28.3 Å². The van der Waals surface area contributed by atoms with Crippen LogP contribution >= 0.6 is 0 Å². The Morgan fingerprint density at radius 2 is 1.45 bits per heavy atom. The average Bonchev–Trinajstić information content (AvgIpc) is 3.79. The van der Waals surface area contributed by atoms with Crippen molar-refractivity contribution < 1.29 is 33.8 Å². The van der Waals surface area contributed by atoms with Crippen molar-refractivity contribution in [3.05, 3.63) is 105 Å². The normalized spacial score (nSPS) is 11.9. The van der Waals surface area contributed by atoms with Crippen LogP contribution in [0, 0.1) is 0 Å². The van der Waals surface area contributed by atoms with Crippen molar-refractivity contribution in [1.29, 1.82) is 0 Å². The molecule has 0 bridgehead atoms. The van der Waals surface area contributed by atoms with E-state index in [4.69, 9.17) is 15.2 Å². The van der Waals surface area contributed by atoms with Gasteiger partial charge in [-0.1, -0.05) is 74.5 Å². The molecule has 16 nitrogen and oxygen atoms in total. The van der Waals surface area contributed by atoms with Crippen LogP contribution in [0.5, 0.6) is 5.75 Å². The first-order chi connectivity index (χ1) is 27.1. The van der Waals surface area contributed by atoms with Crippen molar-refractivity contribution in [2.24, 2.45) is 5.73 Å². The maximum Gasteiger partial charge on any atom is 0.416 e. The average molecular weight is 766 g/mol. The summed E-state index contributed by atoms with van der Waals surface area (Å²) in [5.41, 5.74) is 9.21. The number of H-pyrrole nitrogens is 1. The van der Waals surface area contributed by atoms with Gasteiger partial charge in [0.05, 0.1) is 12.1 Å². The molecule has 6 rings (SSSR count). The highest BCUT2D eigenvalue weighted by Crippen LogP contribution is 2.44. The molecular formula is C40H43N7O9. The minimum absolute atomic E-state index is 0.101. The van der Waals surface area contributed by atoms with Gasteiger partial charge in [0.15, 0.2) is 12.3 Å². The number of imidazole rings is 1. The number of carbonyl (C=O) groups excluding carboxylic acids is 3. The standard InChI is InChI=1S/C40H43N7O9/c1-3-17-46-37-35(38(52)47(18-4-2)39(46)53)42-36(43-37)29-15-9-10-16-31(29)55-24-33(49)45(20-19-44(22-34(50)51)32(48)21-41)40(54)56-23-30-27-13-7-5-11-25(27)26-12-6-8-14-28(26)30/h5-16,30H,3-4,17-24,41H2,1-2H3,(H,42,43)(H,50,51). The van der Waals surface area contributed by atoms with Gasteiger partial charge in [-0.15, -0.1) is 0 Å². The molecule has 1 aliphatic carbocycles. The van der Waals surface area contributed by atoms with Crippen LogP contribution in [0.3, 0.4) is 0 Å². The molecule has 0 unspecified atom stereocenters. The number of para-hydroxylation sites is 1. The molecule has 5 aromatic rings. The van der Waals surface area contributed by atoms with E-state index in [0.717, 1.165) is 32.1 Å². The topological polar surface area (TPSA) is 212 Å². The molecule has 56 heavy (non-hydrogen) atoms. The van der Waals surface area contributed by atoms with Crippen molar-refractivity contribution in [3.63, 3.8) is 0 Å². The SMILES string of the molecule is CCCn1c(=O)c2[nH]c(-c3ccccc3OCC(=O)N(CCN(CC(=O)O)C(=O)CN)C(=O)OCC3c4ccccc4-c4ccccc43)nc2n(CCC)c1=O. The second-order valence-electron chi connectivity index (χ2n) is 13.2. The Hall–Kier alpha value is -6.55. The molecule has 0 saturated heterocycles. The van der Waals surface area contributed by atoms with Crippen LogP contribution in [0.4, 0.5) is 4.79 Å². The zero-order valence-corrected chi connectivity index (χ0v) is 31.1. The highest BCUT2D eigenvalue weighted by molar-refractivity contribution is 5.93. The second-order valence-corrected chi connectivity index (χ2v) is 13.2. The van der Waals surface area contributed by atoms with E-state index in [0.29, 0.717) is 24.9 Å². The summed E-state index contributed by atoms with van der Waals surface area (Å²) in [7, 11) is 0. The smallest absolute Gasteiger partial charge is 0.416 e. The van der Waals surface area contributed by atoms with Gasteiger partial charge >= 0.3 is 17.8 Å².